The highest BCUT2D eigenvalue weighted by molar-refractivity contribution is 5.96. The summed E-state index contributed by atoms with van der Waals surface area (Å²) in [6, 6.07) is 7.95. The van der Waals surface area contributed by atoms with E-state index < -0.39 is 5.41 Å². The third kappa shape index (κ3) is 2.80. The molecule has 4 heteroatoms. The van der Waals surface area contributed by atoms with Crippen molar-refractivity contribution in [2.75, 3.05) is 25.1 Å². The van der Waals surface area contributed by atoms with Gasteiger partial charge in [-0.1, -0.05) is 32.9 Å². The van der Waals surface area contributed by atoms with Gasteiger partial charge in [0.15, 0.2) is 0 Å². The summed E-state index contributed by atoms with van der Waals surface area (Å²) in [5, 5.41) is 2.92. The smallest absolute Gasteiger partial charge is 0.236 e. The van der Waals surface area contributed by atoms with Crippen LogP contribution in [0.3, 0.4) is 0 Å². The van der Waals surface area contributed by atoms with Crippen LogP contribution in [0.25, 0.3) is 0 Å². The first kappa shape index (κ1) is 14.0. The van der Waals surface area contributed by atoms with Gasteiger partial charge in [-0.05, 0) is 23.1 Å². The lowest BCUT2D eigenvalue weighted by molar-refractivity contribution is -0.153. The monoisotopic (exact) mass is 262 g/mol. The fraction of sp³-hybridized carbons (Fsp3) is 0.533. The quantitative estimate of drug-likeness (QED) is 0.874. The lowest BCUT2D eigenvalue weighted by atomic mass is 9.84. The van der Waals surface area contributed by atoms with E-state index >= 15 is 0 Å². The van der Waals surface area contributed by atoms with Crippen LogP contribution in [0.4, 0.5) is 5.69 Å². The van der Waals surface area contributed by atoms with Crippen LogP contribution in [0, 0.1) is 5.41 Å². The molecule has 19 heavy (non-hydrogen) atoms. The molecule has 4 nitrogen and oxygen atoms in total. The van der Waals surface area contributed by atoms with E-state index in [2.05, 4.69) is 26.1 Å². The SMILES string of the molecule is CC(C)(C)c1ccc(NC(=O)C2(CN)COC2)cc1. The maximum absolute atomic E-state index is 12.2. The number of benzene rings is 1. The minimum atomic E-state index is -0.539. The number of rotatable bonds is 3. The molecule has 0 aliphatic carbocycles. The maximum atomic E-state index is 12.2. The molecule has 1 heterocycles. The second kappa shape index (κ2) is 4.94. The van der Waals surface area contributed by atoms with Gasteiger partial charge in [0.2, 0.25) is 5.91 Å². The summed E-state index contributed by atoms with van der Waals surface area (Å²) >= 11 is 0. The Bertz CT molecular complexity index is 451. The zero-order chi connectivity index (χ0) is 14.1. The van der Waals surface area contributed by atoms with Crippen molar-refractivity contribution in [1.29, 1.82) is 0 Å². The molecule has 0 spiro atoms. The highest BCUT2D eigenvalue weighted by Gasteiger charge is 2.44. The fourth-order valence-electron chi connectivity index (χ4n) is 2.01. The molecule has 0 saturated carbocycles. The second-order valence-electron chi connectivity index (χ2n) is 6.26. The first-order chi connectivity index (χ1) is 8.87. The Kier molecular flexibility index (Phi) is 3.65. The van der Waals surface area contributed by atoms with Gasteiger partial charge in [-0.2, -0.15) is 0 Å². The summed E-state index contributed by atoms with van der Waals surface area (Å²) in [5.41, 5.74) is 7.28. The first-order valence-corrected chi connectivity index (χ1v) is 6.57. The molecule has 1 aromatic carbocycles. The molecule has 0 bridgehead atoms. The normalized spacial score (nSPS) is 17.7. The van der Waals surface area contributed by atoms with Gasteiger partial charge in [-0.15, -0.1) is 0 Å². The predicted molar refractivity (Wildman–Crippen MR) is 76.1 cm³/mol. The number of carbonyl (C=O) groups is 1. The van der Waals surface area contributed by atoms with Gasteiger partial charge in [-0.25, -0.2) is 0 Å². The lowest BCUT2D eigenvalue weighted by Gasteiger charge is -2.38. The van der Waals surface area contributed by atoms with E-state index in [1.165, 1.54) is 5.56 Å². The summed E-state index contributed by atoms with van der Waals surface area (Å²) in [7, 11) is 0. The number of amides is 1. The molecule has 104 valence electrons. The highest BCUT2D eigenvalue weighted by atomic mass is 16.5. The molecule has 1 saturated heterocycles. The number of carbonyl (C=O) groups excluding carboxylic acids is 1. The molecular formula is C15H22N2O2. The van der Waals surface area contributed by atoms with E-state index in [9.17, 15) is 4.79 Å². The summed E-state index contributed by atoms with van der Waals surface area (Å²) < 4.78 is 5.11. The van der Waals surface area contributed by atoms with Crippen molar-refractivity contribution in [2.24, 2.45) is 11.1 Å². The molecule has 1 aliphatic heterocycles. The van der Waals surface area contributed by atoms with Crippen LogP contribution in [0.1, 0.15) is 26.3 Å². The molecule has 1 amide bonds. The lowest BCUT2D eigenvalue weighted by Crippen LogP contribution is -2.56. The zero-order valence-corrected chi connectivity index (χ0v) is 11.8. The van der Waals surface area contributed by atoms with Crippen LogP contribution < -0.4 is 11.1 Å². The third-order valence-electron chi connectivity index (χ3n) is 3.64. The fourth-order valence-corrected chi connectivity index (χ4v) is 2.01. The minimum absolute atomic E-state index is 0.0511. The molecule has 2 rings (SSSR count). The molecule has 1 aromatic rings. The number of hydrogen-bond acceptors (Lipinski definition) is 3. The standard InChI is InChI=1S/C15H22N2O2/c1-14(2,3)11-4-6-12(7-5-11)17-13(18)15(8-16)9-19-10-15/h4-7H,8-10,16H2,1-3H3,(H,17,18). The Morgan fingerprint density at radius 1 is 1.32 bits per heavy atom. The summed E-state index contributed by atoms with van der Waals surface area (Å²) in [4.78, 5) is 12.2. The Labute approximate surface area is 114 Å². The van der Waals surface area contributed by atoms with Crippen molar-refractivity contribution in [1.82, 2.24) is 0 Å². The molecule has 1 fully saturated rings. The predicted octanol–water partition coefficient (Wildman–Crippen LogP) is 1.90. The number of anilines is 1. The molecular weight excluding hydrogens is 240 g/mol. The van der Waals surface area contributed by atoms with E-state index in [-0.39, 0.29) is 11.3 Å². The molecule has 0 unspecified atom stereocenters. The van der Waals surface area contributed by atoms with Gasteiger partial charge >= 0.3 is 0 Å². The molecule has 0 aromatic heterocycles. The van der Waals surface area contributed by atoms with Gasteiger partial charge < -0.3 is 15.8 Å². The van der Waals surface area contributed by atoms with E-state index in [0.29, 0.717) is 19.8 Å². The number of hydrogen-bond donors (Lipinski definition) is 2. The molecule has 0 radical (unpaired) electrons. The van der Waals surface area contributed by atoms with Crippen LogP contribution in [-0.2, 0) is 14.9 Å². The summed E-state index contributed by atoms with van der Waals surface area (Å²) in [5.74, 6) is -0.0511. The Balaban J connectivity index is 2.06. The largest absolute Gasteiger partial charge is 0.379 e. The molecule has 3 N–H and O–H groups in total. The number of nitrogens with one attached hydrogen (secondary N) is 1. The van der Waals surface area contributed by atoms with Gasteiger partial charge in [0, 0.05) is 12.2 Å². The first-order valence-electron chi connectivity index (χ1n) is 6.57. The van der Waals surface area contributed by atoms with Crippen LogP contribution >= 0.6 is 0 Å². The van der Waals surface area contributed by atoms with Crippen molar-refractivity contribution in [3.63, 3.8) is 0 Å². The Morgan fingerprint density at radius 3 is 2.26 bits per heavy atom. The molecule has 1 aliphatic rings. The van der Waals surface area contributed by atoms with Crippen molar-refractivity contribution in [3.8, 4) is 0 Å². The Hall–Kier alpha value is -1.39. The van der Waals surface area contributed by atoms with Crippen molar-refractivity contribution in [3.05, 3.63) is 29.8 Å². The van der Waals surface area contributed by atoms with Crippen LogP contribution in [0.2, 0.25) is 0 Å². The van der Waals surface area contributed by atoms with Crippen LogP contribution in [0.5, 0.6) is 0 Å². The van der Waals surface area contributed by atoms with Crippen molar-refractivity contribution < 1.29 is 9.53 Å². The van der Waals surface area contributed by atoms with Crippen LogP contribution in [0.15, 0.2) is 24.3 Å². The van der Waals surface area contributed by atoms with E-state index in [4.69, 9.17) is 10.5 Å². The van der Waals surface area contributed by atoms with Gasteiger partial charge in [0.05, 0.1) is 13.2 Å². The second-order valence-corrected chi connectivity index (χ2v) is 6.26. The number of nitrogens with two attached hydrogens (primary N) is 1. The maximum Gasteiger partial charge on any atom is 0.236 e. The van der Waals surface area contributed by atoms with Crippen LogP contribution in [-0.4, -0.2) is 25.7 Å². The minimum Gasteiger partial charge on any atom is -0.379 e. The van der Waals surface area contributed by atoms with Gasteiger partial charge in [-0.3, -0.25) is 4.79 Å². The average Bonchev–Trinajstić information content (AvgIpc) is 2.27. The highest BCUT2D eigenvalue weighted by Crippen LogP contribution is 2.28. The van der Waals surface area contributed by atoms with E-state index in [1.807, 2.05) is 24.3 Å². The third-order valence-corrected chi connectivity index (χ3v) is 3.64. The van der Waals surface area contributed by atoms with Gasteiger partial charge in [0.25, 0.3) is 0 Å². The van der Waals surface area contributed by atoms with Gasteiger partial charge in [0.1, 0.15) is 5.41 Å². The van der Waals surface area contributed by atoms with Crippen molar-refractivity contribution >= 4 is 11.6 Å². The van der Waals surface area contributed by atoms with E-state index in [1.54, 1.807) is 0 Å². The zero-order valence-electron chi connectivity index (χ0n) is 11.8. The van der Waals surface area contributed by atoms with E-state index in [0.717, 1.165) is 5.69 Å². The number of ether oxygens (including phenoxy) is 1. The van der Waals surface area contributed by atoms with Crippen molar-refractivity contribution in [2.45, 2.75) is 26.2 Å². The average molecular weight is 262 g/mol. The topological polar surface area (TPSA) is 64.4 Å². The Morgan fingerprint density at radius 2 is 1.89 bits per heavy atom. The summed E-state index contributed by atoms with van der Waals surface area (Å²) in [6.45, 7) is 7.63. The molecule has 0 atom stereocenters. The summed E-state index contributed by atoms with van der Waals surface area (Å²) in [6.07, 6.45) is 0.